The van der Waals surface area contributed by atoms with E-state index in [-0.39, 0.29) is 12.5 Å². The molecule has 0 aliphatic carbocycles. The number of aliphatic hydroxyl groups excluding tert-OH is 1. The van der Waals surface area contributed by atoms with Crippen molar-refractivity contribution >= 4 is 5.91 Å². The van der Waals surface area contributed by atoms with Gasteiger partial charge in [-0.2, -0.15) is 0 Å². The lowest BCUT2D eigenvalue weighted by Crippen LogP contribution is -2.31. The molecule has 0 aromatic heterocycles. The van der Waals surface area contributed by atoms with Gasteiger partial charge < -0.3 is 15.2 Å². The summed E-state index contributed by atoms with van der Waals surface area (Å²) in [6, 6.07) is 7.11. The number of carbonyl (C=O) groups excluding carboxylic acids is 1. The molecule has 1 aromatic carbocycles. The van der Waals surface area contributed by atoms with Gasteiger partial charge in [-0.1, -0.05) is 26.0 Å². The molecule has 0 radical (unpaired) electrons. The molecule has 0 saturated heterocycles. The fourth-order valence-corrected chi connectivity index (χ4v) is 1.38. The summed E-state index contributed by atoms with van der Waals surface area (Å²) in [7, 11) is 0. The standard InChI is InChI=1S/C14H21NO3/c1-10(2)8-15-14(17)9-18-13-6-4-5-12(7-13)11(3)16/h4-7,10-11,16H,8-9H2,1-3H3,(H,15,17)/t11-/m0/s1. The van der Waals surface area contributed by atoms with Crippen molar-refractivity contribution in [3.05, 3.63) is 29.8 Å². The van der Waals surface area contributed by atoms with E-state index in [1.807, 2.05) is 19.9 Å². The second-order valence-corrected chi connectivity index (χ2v) is 4.74. The number of carbonyl (C=O) groups is 1. The molecule has 1 rings (SSSR count). The molecule has 4 nitrogen and oxygen atoms in total. The van der Waals surface area contributed by atoms with Gasteiger partial charge in [0, 0.05) is 6.54 Å². The summed E-state index contributed by atoms with van der Waals surface area (Å²) in [5.74, 6) is 0.881. The van der Waals surface area contributed by atoms with Gasteiger partial charge in [0.05, 0.1) is 6.10 Å². The first-order valence-electron chi connectivity index (χ1n) is 6.16. The van der Waals surface area contributed by atoms with Crippen LogP contribution in [0.5, 0.6) is 5.75 Å². The van der Waals surface area contributed by atoms with Crippen molar-refractivity contribution in [2.75, 3.05) is 13.2 Å². The van der Waals surface area contributed by atoms with E-state index in [1.165, 1.54) is 0 Å². The Kier molecular flexibility index (Phi) is 5.65. The van der Waals surface area contributed by atoms with Crippen LogP contribution in [0.3, 0.4) is 0 Å². The average Bonchev–Trinajstić information content (AvgIpc) is 2.34. The van der Waals surface area contributed by atoms with E-state index in [1.54, 1.807) is 25.1 Å². The molecule has 4 heteroatoms. The quantitative estimate of drug-likeness (QED) is 0.811. The number of amides is 1. The molecule has 0 aliphatic heterocycles. The van der Waals surface area contributed by atoms with Crippen LogP contribution in [-0.4, -0.2) is 24.2 Å². The van der Waals surface area contributed by atoms with Crippen LogP contribution in [0.1, 0.15) is 32.4 Å². The Balaban J connectivity index is 2.43. The van der Waals surface area contributed by atoms with Crippen molar-refractivity contribution < 1.29 is 14.6 Å². The van der Waals surface area contributed by atoms with Crippen molar-refractivity contribution in [2.24, 2.45) is 5.92 Å². The van der Waals surface area contributed by atoms with Crippen LogP contribution in [0.2, 0.25) is 0 Å². The largest absolute Gasteiger partial charge is 0.484 e. The predicted octanol–water partition coefficient (Wildman–Crippen LogP) is 1.89. The maximum atomic E-state index is 11.5. The van der Waals surface area contributed by atoms with Crippen molar-refractivity contribution in [3.63, 3.8) is 0 Å². The van der Waals surface area contributed by atoms with Crippen LogP contribution in [0, 0.1) is 5.92 Å². The molecule has 0 saturated carbocycles. The molecular formula is C14H21NO3. The molecule has 18 heavy (non-hydrogen) atoms. The SMILES string of the molecule is CC(C)CNC(=O)COc1cccc([C@H](C)O)c1. The van der Waals surface area contributed by atoms with Gasteiger partial charge >= 0.3 is 0 Å². The van der Waals surface area contributed by atoms with Gasteiger partial charge in [-0.05, 0) is 30.5 Å². The van der Waals surface area contributed by atoms with E-state index in [0.717, 1.165) is 5.56 Å². The zero-order valence-electron chi connectivity index (χ0n) is 11.1. The minimum atomic E-state index is -0.539. The van der Waals surface area contributed by atoms with Gasteiger partial charge in [0.25, 0.3) is 5.91 Å². The summed E-state index contributed by atoms with van der Waals surface area (Å²) < 4.78 is 5.37. The van der Waals surface area contributed by atoms with E-state index in [2.05, 4.69) is 5.32 Å². The highest BCUT2D eigenvalue weighted by atomic mass is 16.5. The first kappa shape index (κ1) is 14.5. The number of hydrogen-bond acceptors (Lipinski definition) is 3. The van der Waals surface area contributed by atoms with Gasteiger partial charge in [0.2, 0.25) is 0 Å². The third-order valence-electron chi connectivity index (χ3n) is 2.42. The lowest BCUT2D eigenvalue weighted by Gasteiger charge is -2.10. The smallest absolute Gasteiger partial charge is 0.257 e. The van der Waals surface area contributed by atoms with Gasteiger partial charge in [0.15, 0.2) is 6.61 Å². The minimum absolute atomic E-state index is 0.00399. The van der Waals surface area contributed by atoms with E-state index < -0.39 is 6.10 Å². The summed E-state index contributed by atoms with van der Waals surface area (Å²) in [6.07, 6.45) is -0.539. The Bertz CT molecular complexity index is 388. The summed E-state index contributed by atoms with van der Waals surface area (Å²) in [4.78, 5) is 11.5. The molecule has 0 spiro atoms. The van der Waals surface area contributed by atoms with E-state index >= 15 is 0 Å². The minimum Gasteiger partial charge on any atom is -0.484 e. The first-order chi connectivity index (χ1) is 8.49. The zero-order valence-corrected chi connectivity index (χ0v) is 11.1. The Hall–Kier alpha value is -1.55. The molecule has 0 aliphatic rings. The predicted molar refractivity (Wildman–Crippen MR) is 70.4 cm³/mol. The second-order valence-electron chi connectivity index (χ2n) is 4.74. The third-order valence-corrected chi connectivity index (χ3v) is 2.42. The Labute approximate surface area is 108 Å². The third kappa shape index (κ3) is 5.19. The van der Waals surface area contributed by atoms with Crippen LogP contribution in [0.25, 0.3) is 0 Å². The summed E-state index contributed by atoms with van der Waals surface area (Å²) in [5, 5.41) is 12.2. The van der Waals surface area contributed by atoms with Crippen LogP contribution in [-0.2, 0) is 4.79 Å². The Morgan fingerprint density at radius 3 is 2.72 bits per heavy atom. The summed E-state index contributed by atoms with van der Waals surface area (Å²) in [5.41, 5.74) is 0.773. The molecule has 0 bridgehead atoms. The molecule has 100 valence electrons. The van der Waals surface area contributed by atoms with Crippen LogP contribution < -0.4 is 10.1 Å². The van der Waals surface area contributed by atoms with Crippen LogP contribution in [0.15, 0.2) is 24.3 Å². The number of hydrogen-bond donors (Lipinski definition) is 2. The lowest BCUT2D eigenvalue weighted by molar-refractivity contribution is -0.123. The number of benzene rings is 1. The van der Waals surface area contributed by atoms with Crippen molar-refractivity contribution in [1.29, 1.82) is 0 Å². The molecule has 0 fully saturated rings. The highest BCUT2D eigenvalue weighted by molar-refractivity contribution is 5.77. The Morgan fingerprint density at radius 1 is 1.39 bits per heavy atom. The molecule has 1 atom stereocenters. The fourth-order valence-electron chi connectivity index (χ4n) is 1.38. The fraction of sp³-hybridized carbons (Fsp3) is 0.500. The average molecular weight is 251 g/mol. The maximum absolute atomic E-state index is 11.5. The topological polar surface area (TPSA) is 58.6 Å². The zero-order chi connectivity index (χ0) is 13.5. The number of rotatable bonds is 6. The molecule has 0 heterocycles. The molecule has 1 amide bonds. The number of aliphatic hydroxyl groups is 1. The van der Waals surface area contributed by atoms with Crippen LogP contribution in [0.4, 0.5) is 0 Å². The van der Waals surface area contributed by atoms with Gasteiger partial charge in [-0.25, -0.2) is 0 Å². The van der Waals surface area contributed by atoms with Gasteiger partial charge in [-0.3, -0.25) is 4.79 Å². The van der Waals surface area contributed by atoms with Crippen molar-refractivity contribution in [2.45, 2.75) is 26.9 Å². The van der Waals surface area contributed by atoms with Gasteiger partial charge in [0.1, 0.15) is 5.75 Å². The molecule has 2 N–H and O–H groups in total. The molecular weight excluding hydrogens is 230 g/mol. The van der Waals surface area contributed by atoms with E-state index in [0.29, 0.717) is 18.2 Å². The summed E-state index contributed by atoms with van der Waals surface area (Å²) in [6.45, 7) is 6.40. The number of nitrogens with one attached hydrogen (secondary N) is 1. The summed E-state index contributed by atoms with van der Waals surface area (Å²) >= 11 is 0. The van der Waals surface area contributed by atoms with E-state index in [9.17, 15) is 9.90 Å². The van der Waals surface area contributed by atoms with Crippen molar-refractivity contribution in [1.82, 2.24) is 5.32 Å². The first-order valence-corrected chi connectivity index (χ1v) is 6.16. The van der Waals surface area contributed by atoms with E-state index in [4.69, 9.17) is 4.74 Å². The normalized spacial score (nSPS) is 12.3. The van der Waals surface area contributed by atoms with Gasteiger partial charge in [-0.15, -0.1) is 0 Å². The van der Waals surface area contributed by atoms with Crippen LogP contribution >= 0.6 is 0 Å². The second kappa shape index (κ2) is 7.01. The highest BCUT2D eigenvalue weighted by Gasteiger charge is 2.05. The Morgan fingerprint density at radius 2 is 2.11 bits per heavy atom. The maximum Gasteiger partial charge on any atom is 0.257 e. The molecule has 1 aromatic rings. The monoisotopic (exact) mass is 251 g/mol. The van der Waals surface area contributed by atoms with Crippen molar-refractivity contribution in [3.8, 4) is 5.75 Å². The number of ether oxygens (including phenoxy) is 1. The molecule has 0 unspecified atom stereocenters. The lowest BCUT2D eigenvalue weighted by atomic mass is 10.1. The highest BCUT2D eigenvalue weighted by Crippen LogP contribution is 2.18.